The van der Waals surface area contributed by atoms with Crippen LogP contribution >= 0.6 is 0 Å². The number of aliphatic hydroxyl groups is 1. The van der Waals surface area contributed by atoms with Crippen LogP contribution in [0.1, 0.15) is 25.3 Å². The number of nitro groups is 1. The Labute approximate surface area is 272 Å². The summed E-state index contributed by atoms with van der Waals surface area (Å²) >= 11 is 0. The molecule has 0 aromatic heterocycles. The van der Waals surface area contributed by atoms with E-state index in [2.05, 4.69) is 16.0 Å². The van der Waals surface area contributed by atoms with Crippen LogP contribution in [0.15, 0.2) is 77.1 Å². The van der Waals surface area contributed by atoms with Gasteiger partial charge in [0.25, 0.3) is 5.69 Å². The molecule has 47 heavy (non-hydrogen) atoms. The average Bonchev–Trinajstić information content (AvgIpc) is 3.06. The van der Waals surface area contributed by atoms with Crippen molar-refractivity contribution in [3.8, 4) is 5.75 Å². The van der Waals surface area contributed by atoms with E-state index in [1.807, 2.05) is 18.2 Å². The number of amides is 1. The van der Waals surface area contributed by atoms with E-state index in [0.29, 0.717) is 23.6 Å². The molecule has 4 N–H and O–H groups in total. The quantitative estimate of drug-likeness (QED) is 0.0600. The topological polar surface area (TPSA) is 197 Å². The Morgan fingerprint density at radius 1 is 1.02 bits per heavy atom. The fraction of sp³-hybridized carbons (Fsp3) is 0.406. The van der Waals surface area contributed by atoms with Crippen LogP contribution in [0, 0.1) is 10.1 Å². The van der Waals surface area contributed by atoms with Crippen LogP contribution in [0.5, 0.6) is 5.75 Å². The largest absolute Gasteiger partial charge is 0.491 e. The number of aliphatic hydroxyl groups excluding tert-OH is 1. The SMILES string of the molecule is CCOC(=O)C1=C(COCCNC(=O)OCCNCC(O)COc2ccccc2)NC(C)=C(C(=O)OC)C1c1cccc([N+](=O)[O-])c1. The Morgan fingerprint density at radius 2 is 1.79 bits per heavy atom. The van der Waals surface area contributed by atoms with Crippen molar-refractivity contribution < 1.29 is 48.1 Å². The minimum absolute atomic E-state index is 0.0370. The molecule has 254 valence electrons. The highest BCUT2D eigenvalue weighted by molar-refractivity contribution is 6.00. The number of ether oxygens (including phenoxy) is 5. The van der Waals surface area contributed by atoms with E-state index in [-0.39, 0.29) is 68.7 Å². The second-order valence-corrected chi connectivity index (χ2v) is 10.2. The number of para-hydroxylation sites is 1. The van der Waals surface area contributed by atoms with Gasteiger partial charge < -0.3 is 44.7 Å². The molecule has 1 aliphatic rings. The minimum atomic E-state index is -1.04. The van der Waals surface area contributed by atoms with E-state index in [1.165, 1.54) is 25.3 Å². The van der Waals surface area contributed by atoms with Gasteiger partial charge in [-0.15, -0.1) is 0 Å². The molecule has 0 aliphatic carbocycles. The summed E-state index contributed by atoms with van der Waals surface area (Å²) in [7, 11) is 1.20. The monoisotopic (exact) mass is 656 g/mol. The molecule has 15 heteroatoms. The molecule has 1 heterocycles. The molecule has 2 atom stereocenters. The lowest BCUT2D eigenvalue weighted by molar-refractivity contribution is -0.384. The molecule has 1 amide bonds. The number of esters is 2. The molecule has 3 rings (SSSR count). The lowest BCUT2D eigenvalue weighted by Gasteiger charge is -2.31. The summed E-state index contributed by atoms with van der Waals surface area (Å²) in [4.78, 5) is 49.1. The lowest BCUT2D eigenvalue weighted by atomic mass is 9.80. The summed E-state index contributed by atoms with van der Waals surface area (Å²) < 4.78 is 26.6. The fourth-order valence-corrected chi connectivity index (χ4v) is 4.70. The zero-order valence-corrected chi connectivity index (χ0v) is 26.5. The number of carbonyl (C=O) groups is 3. The number of hydrogen-bond acceptors (Lipinski definition) is 13. The van der Waals surface area contributed by atoms with Gasteiger partial charge in [-0.2, -0.15) is 0 Å². The molecular formula is C32H40N4O11. The number of hydrogen-bond donors (Lipinski definition) is 4. The Bertz CT molecular complexity index is 1450. The Hall–Kier alpha value is -4.99. The van der Waals surface area contributed by atoms with Crippen LogP contribution in [0.4, 0.5) is 10.5 Å². The third-order valence-electron chi connectivity index (χ3n) is 6.80. The van der Waals surface area contributed by atoms with Crippen LogP contribution in [-0.4, -0.2) is 93.9 Å². The maximum atomic E-state index is 13.2. The van der Waals surface area contributed by atoms with E-state index in [4.69, 9.17) is 23.7 Å². The molecule has 0 bridgehead atoms. The van der Waals surface area contributed by atoms with Crippen LogP contribution in [0.25, 0.3) is 0 Å². The van der Waals surface area contributed by atoms with Crippen molar-refractivity contribution in [3.05, 3.63) is 92.8 Å². The highest BCUT2D eigenvalue weighted by atomic mass is 16.6. The summed E-state index contributed by atoms with van der Waals surface area (Å²) in [5.41, 5.74) is 0.879. The molecule has 2 aromatic carbocycles. The Morgan fingerprint density at radius 3 is 2.49 bits per heavy atom. The van der Waals surface area contributed by atoms with Gasteiger partial charge in [-0.1, -0.05) is 30.3 Å². The fourth-order valence-electron chi connectivity index (χ4n) is 4.70. The Balaban J connectivity index is 1.53. The van der Waals surface area contributed by atoms with E-state index in [0.717, 1.165) is 0 Å². The van der Waals surface area contributed by atoms with Gasteiger partial charge >= 0.3 is 18.0 Å². The van der Waals surface area contributed by atoms with Crippen LogP contribution in [0.2, 0.25) is 0 Å². The number of rotatable bonds is 18. The zero-order chi connectivity index (χ0) is 34.2. The number of non-ortho nitro benzene ring substituents is 1. The van der Waals surface area contributed by atoms with Gasteiger partial charge in [0.2, 0.25) is 0 Å². The standard InChI is InChI=1S/C32H40N4O11/c1-4-45-31(39)29-26(35-21(2)27(30(38)43-3)28(29)22-9-8-10-23(17-22)36(41)42)20-44-15-14-34-32(40)46-16-13-33-18-24(37)19-47-25-11-6-5-7-12-25/h5-12,17,24,28,33,35,37H,4,13-16,18-20H2,1-3H3,(H,34,40). The van der Waals surface area contributed by atoms with Gasteiger partial charge in [0.1, 0.15) is 25.1 Å². The molecular weight excluding hydrogens is 616 g/mol. The number of benzene rings is 2. The number of carbonyl (C=O) groups excluding carboxylic acids is 3. The number of nitro benzene ring substituents is 1. The second kappa shape index (κ2) is 18.9. The van der Waals surface area contributed by atoms with Crippen molar-refractivity contribution in [1.29, 1.82) is 0 Å². The molecule has 0 saturated heterocycles. The summed E-state index contributed by atoms with van der Waals surface area (Å²) in [5, 5.41) is 30.1. The van der Waals surface area contributed by atoms with E-state index in [9.17, 15) is 29.6 Å². The Kier molecular flexibility index (Phi) is 14.6. The maximum Gasteiger partial charge on any atom is 0.407 e. The minimum Gasteiger partial charge on any atom is -0.491 e. The molecule has 1 aliphatic heterocycles. The number of methoxy groups -OCH3 is 1. The number of alkyl carbamates (subject to hydrolysis) is 1. The van der Waals surface area contributed by atoms with E-state index in [1.54, 1.807) is 32.0 Å². The van der Waals surface area contributed by atoms with Crippen molar-refractivity contribution >= 4 is 23.7 Å². The van der Waals surface area contributed by atoms with E-state index < -0.39 is 35.0 Å². The van der Waals surface area contributed by atoms with Crippen molar-refractivity contribution in [2.45, 2.75) is 25.9 Å². The van der Waals surface area contributed by atoms with Gasteiger partial charge in [-0.3, -0.25) is 10.1 Å². The lowest BCUT2D eigenvalue weighted by Crippen LogP contribution is -2.36. The zero-order valence-electron chi connectivity index (χ0n) is 26.5. The van der Waals surface area contributed by atoms with Crippen LogP contribution < -0.4 is 20.7 Å². The van der Waals surface area contributed by atoms with Crippen LogP contribution in [0.3, 0.4) is 0 Å². The van der Waals surface area contributed by atoms with Gasteiger partial charge in [-0.25, -0.2) is 14.4 Å². The summed E-state index contributed by atoms with van der Waals surface area (Å²) in [5.74, 6) is -1.85. The van der Waals surface area contributed by atoms with Crippen molar-refractivity contribution in [2.75, 3.05) is 59.8 Å². The number of allylic oxidation sites excluding steroid dienone is 1. The smallest absolute Gasteiger partial charge is 0.407 e. The molecule has 0 saturated carbocycles. The van der Waals surface area contributed by atoms with Gasteiger partial charge in [0.15, 0.2) is 0 Å². The van der Waals surface area contributed by atoms with Crippen molar-refractivity contribution in [3.63, 3.8) is 0 Å². The molecule has 2 unspecified atom stereocenters. The predicted molar refractivity (Wildman–Crippen MR) is 168 cm³/mol. The number of nitrogens with zero attached hydrogens (tertiary/aromatic N) is 1. The first-order valence-corrected chi connectivity index (χ1v) is 14.9. The first kappa shape index (κ1) is 36.5. The summed E-state index contributed by atoms with van der Waals surface area (Å²) in [6.07, 6.45) is -1.41. The first-order valence-electron chi connectivity index (χ1n) is 14.9. The third kappa shape index (κ3) is 11.1. The van der Waals surface area contributed by atoms with Gasteiger partial charge in [-0.05, 0) is 31.5 Å². The van der Waals surface area contributed by atoms with Gasteiger partial charge in [0, 0.05) is 37.5 Å². The molecule has 2 aromatic rings. The molecule has 15 nitrogen and oxygen atoms in total. The van der Waals surface area contributed by atoms with Crippen LogP contribution in [-0.2, 0) is 28.5 Å². The predicted octanol–water partition coefficient (Wildman–Crippen LogP) is 2.32. The highest BCUT2D eigenvalue weighted by Gasteiger charge is 2.39. The van der Waals surface area contributed by atoms with Crippen molar-refractivity contribution in [1.82, 2.24) is 16.0 Å². The number of nitrogens with one attached hydrogen (secondary N) is 3. The summed E-state index contributed by atoms with van der Waals surface area (Å²) in [6.45, 7) is 4.01. The third-order valence-corrected chi connectivity index (χ3v) is 6.80. The average molecular weight is 657 g/mol. The normalized spacial score (nSPS) is 14.9. The molecule has 0 radical (unpaired) electrons. The molecule has 0 spiro atoms. The van der Waals surface area contributed by atoms with Gasteiger partial charge in [0.05, 0.1) is 54.6 Å². The second-order valence-electron chi connectivity index (χ2n) is 10.2. The van der Waals surface area contributed by atoms with E-state index >= 15 is 0 Å². The maximum absolute atomic E-state index is 13.2. The van der Waals surface area contributed by atoms with Crippen molar-refractivity contribution in [2.24, 2.45) is 0 Å². The molecule has 0 fully saturated rings. The summed E-state index contributed by atoms with van der Waals surface area (Å²) in [6, 6.07) is 14.8. The first-order chi connectivity index (χ1) is 22.7. The highest BCUT2D eigenvalue weighted by Crippen LogP contribution is 2.40. The number of dihydropyridines is 1.